The highest BCUT2D eigenvalue weighted by molar-refractivity contribution is 7.98. The third kappa shape index (κ3) is 2.46. The first-order valence-electron chi connectivity index (χ1n) is 4.91. The van der Waals surface area contributed by atoms with Gasteiger partial charge in [0.15, 0.2) is 0 Å². The van der Waals surface area contributed by atoms with Gasteiger partial charge in [0.25, 0.3) is 0 Å². The van der Waals surface area contributed by atoms with Gasteiger partial charge in [-0.05, 0) is 42.7 Å². The van der Waals surface area contributed by atoms with Gasteiger partial charge in [0, 0.05) is 16.8 Å². The largest absolute Gasteiger partial charge is 0.382 e. The van der Waals surface area contributed by atoms with E-state index in [9.17, 15) is 0 Å². The van der Waals surface area contributed by atoms with Gasteiger partial charge in [0.2, 0.25) is 0 Å². The Hall–Kier alpha value is -1.68. The van der Waals surface area contributed by atoms with E-state index in [0.29, 0.717) is 5.82 Å². The van der Waals surface area contributed by atoms with Crippen molar-refractivity contribution in [2.75, 3.05) is 17.3 Å². The monoisotopic (exact) mass is 231 g/mol. The highest BCUT2D eigenvalue weighted by Crippen LogP contribution is 2.23. The highest BCUT2D eigenvalue weighted by atomic mass is 32.2. The summed E-state index contributed by atoms with van der Waals surface area (Å²) in [7, 11) is 0. The Kier molecular flexibility index (Phi) is 3.31. The van der Waals surface area contributed by atoms with Gasteiger partial charge < -0.3 is 11.1 Å². The Morgan fingerprint density at radius 2 is 1.94 bits per heavy atom. The summed E-state index contributed by atoms with van der Waals surface area (Å²) in [6.45, 7) is 0. The molecule has 82 valence electrons. The van der Waals surface area contributed by atoms with Crippen LogP contribution in [0.3, 0.4) is 0 Å². The Bertz CT molecular complexity index is 468. The number of nitrogens with two attached hydrogens (primary N) is 1. The first kappa shape index (κ1) is 10.8. The minimum Gasteiger partial charge on any atom is -0.382 e. The lowest BCUT2D eigenvalue weighted by Gasteiger charge is -2.08. The second kappa shape index (κ2) is 4.90. The Morgan fingerprint density at radius 3 is 2.56 bits per heavy atom. The number of rotatable bonds is 3. The van der Waals surface area contributed by atoms with Crippen LogP contribution in [0.15, 0.2) is 47.5 Å². The molecule has 3 nitrogen and oxygen atoms in total. The van der Waals surface area contributed by atoms with Crippen LogP contribution in [-0.2, 0) is 0 Å². The summed E-state index contributed by atoms with van der Waals surface area (Å²) >= 11 is 1.72. The summed E-state index contributed by atoms with van der Waals surface area (Å²) < 4.78 is 0. The fraction of sp³-hybridized carbons (Fsp3) is 0.0833. The molecule has 1 heterocycles. The predicted molar refractivity (Wildman–Crippen MR) is 70.2 cm³/mol. The van der Waals surface area contributed by atoms with E-state index in [4.69, 9.17) is 5.73 Å². The van der Waals surface area contributed by atoms with Gasteiger partial charge in [0.05, 0.1) is 5.69 Å². The van der Waals surface area contributed by atoms with Crippen LogP contribution in [0.4, 0.5) is 17.2 Å². The van der Waals surface area contributed by atoms with Crippen molar-refractivity contribution in [2.24, 2.45) is 0 Å². The number of hydrogen-bond donors (Lipinski definition) is 2. The molecule has 0 unspecified atom stereocenters. The van der Waals surface area contributed by atoms with Gasteiger partial charge in [-0.25, -0.2) is 4.98 Å². The van der Waals surface area contributed by atoms with Crippen LogP contribution in [-0.4, -0.2) is 11.2 Å². The van der Waals surface area contributed by atoms with Gasteiger partial charge in [-0.15, -0.1) is 11.8 Å². The molecule has 16 heavy (non-hydrogen) atoms. The van der Waals surface area contributed by atoms with Crippen LogP contribution >= 0.6 is 11.8 Å². The van der Waals surface area contributed by atoms with Crippen molar-refractivity contribution in [3.63, 3.8) is 0 Å². The molecule has 0 bridgehead atoms. The lowest BCUT2D eigenvalue weighted by molar-refractivity contribution is 1.33. The zero-order chi connectivity index (χ0) is 11.4. The minimum atomic E-state index is 0.511. The Morgan fingerprint density at radius 1 is 1.19 bits per heavy atom. The van der Waals surface area contributed by atoms with Gasteiger partial charge >= 0.3 is 0 Å². The fourth-order valence-electron chi connectivity index (χ4n) is 1.35. The molecule has 0 radical (unpaired) electrons. The predicted octanol–water partition coefficient (Wildman–Crippen LogP) is 3.13. The summed E-state index contributed by atoms with van der Waals surface area (Å²) in [6.07, 6.45) is 3.73. The molecule has 0 amide bonds. The van der Waals surface area contributed by atoms with E-state index in [-0.39, 0.29) is 0 Å². The fourth-order valence-corrected chi connectivity index (χ4v) is 1.76. The molecule has 1 aromatic carbocycles. The average molecular weight is 231 g/mol. The molecular formula is C12H13N3S. The Labute approximate surface area is 99.1 Å². The van der Waals surface area contributed by atoms with Crippen LogP contribution in [0.1, 0.15) is 0 Å². The summed E-state index contributed by atoms with van der Waals surface area (Å²) in [5, 5.41) is 3.23. The van der Waals surface area contributed by atoms with Gasteiger partial charge in [-0.1, -0.05) is 0 Å². The molecule has 1 aromatic heterocycles. The normalized spacial score (nSPS) is 10.1. The van der Waals surface area contributed by atoms with Crippen molar-refractivity contribution in [3.05, 3.63) is 42.6 Å². The SMILES string of the molecule is CSc1ccc(Nc2cccnc2N)cc1. The van der Waals surface area contributed by atoms with E-state index in [1.54, 1.807) is 18.0 Å². The van der Waals surface area contributed by atoms with Gasteiger partial charge in [-0.3, -0.25) is 0 Å². The first-order valence-corrected chi connectivity index (χ1v) is 6.13. The lowest BCUT2D eigenvalue weighted by atomic mass is 10.3. The van der Waals surface area contributed by atoms with E-state index in [1.165, 1.54) is 4.90 Å². The van der Waals surface area contributed by atoms with Crippen molar-refractivity contribution < 1.29 is 0 Å². The van der Waals surface area contributed by atoms with Crippen LogP contribution in [0.25, 0.3) is 0 Å². The van der Waals surface area contributed by atoms with Crippen molar-refractivity contribution in [3.8, 4) is 0 Å². The highest BCUT2D eigenvalue weighted by Gasteiger charge is 1.99. The number of thioether (sulfide) groups is 1. The maximum absolute atomic E-state index is 5.75. The third-order valence-electron chi connectivity index (χ3n) is 2.21. The quantitative estimate of drug-likeness (QED) is 0.797. The molecule has 0 atom stereocenters. The number of aromatic nitrogens is 1. The second-order valence-corrected chi connectivity index (χ2v) is 4.17. The van der Waals surface area contributed by atoms with Crippen LogP contribution in [0.5, 0.6) is 0 Å². The van der Waals surface area contributed by atoms with E-state index < -0.39 is 0 Å². The second-order valence-electron chi connectivity index (χ2n) is 3.29. The number of pyridine rings is 1. The zero-order valence-corrected chi connectivity index (χ0v) is 9.79. The Balaban J connectivity index is 2.18. The molecule has 0 fully saturated rings. The van der Waals surface area contributed by atoms with Crippen molar-refractivity contribution in [1.29, 1.82) is 0 Å². The number of benzene rings is 1. The summed E-state index contributed by atoms with van der Waals surface area (Å²) in [5.41, 5.74) is 7.59. The molecule has 2 aromatic rings. The average Bonchev–Trinajstić information content (AvgIpc) is 2.33. The maximum Gasteiger partial charge on any atom is 0.147 e. The zero-order valence-electron chi connectivity index (χ0n) is 8.97. The number of nitrogens with zero attached hydrogens (tertiary/aromatic N) is 1. The summed E-state index contributed by atoms with van der Waals surface area (Å²) in [5.74, 6) is 0.511. The van der Waals surface area contributed by atoms with Gasteiger partial charge in [0.1, 0.15) is 5.82 Å². The number of anilines is 3. The van der Waals surface area contributed by atoms with Crippen LogP contribution in [0.2, 0.25) is 0 Å². The van der Waals surface area contributed by atoms with E-state index in [0.717, 1.165) is 11.4 Å². The molecular weight excluding hydrogens is 218 g/mol. The van der Waals surface area contributed by atoms with Crippen molar-refractivity contribution in [2.45, 2.75) is 4.90 Å². The van der Waals surface area contributed by atoms with E-state index in [1.807, 2.05) is 24.3 Å². The molecule has 3 N–H and O–H groups in total. The van der Waals surface area contributed by atoms with E-state index in [2.05, 4.69) is 28.7 Å². The van der Waals surface area contributed by atoms with Gasteiger partial charge in [-0.2, -0.15) is 0 Å². The minimum absolute atomic E-state index is 0.511. The molecule has 2 rings (SSSR count). The molecule has 0 saturated heterocycles. The molecule has 0 spiro atoms. The number of hydrogen-bond acceptors (Lipinski definition) is 4. The molecule has 0 saturated carbocycles. The molecule has 4 heteroatoms. The lowest BCUT2D eigenvalue weighted by Crippen LogP contribution is -1.97. The standard InChI is InChI=1S/C12H13N3S/c1-16-10-6-4-9(5-7-10)15-11-3-2-8-14-12(11)13/h2-8,15H,1H3,(H2,13,14). The van der Waals surface area contributed by atoms with E-state index >= 15 is 0 Å². The topological polar surface area (TPSA) is 50.9 Å². The van der Waals surface area contributed by atoms with Crippen molar-refractivity contribution >= 4 is 29.0 Å². The molecule has 0 aliphatic carbocycles. The third-order valence-corrected chi connectivity index (χ3v) is 2.95. The van der Waals surface area contributed by atoms with Crippen LogP contribution < -0.4 is 11.1 Å². The smallest absolute Gasteiger partial charge is 0.147 e. The van der Waals surface area contributed by atoms with Crippen molar-refractivity contribution in [1.82, 2.24) is 4.98 Å². The molecule has 0 aliphatic rings. The maximum atomic E-state index is 5.75. The number of nitrogens with one attached hydrogen (secondary N) is 1. The summed E-state index contributed by atoms with van der Waals surface area (Å²) in [4.78, 5) is 5.26. The number of nitrogen functional groups attached to an aromatic ring is 1. The summed E-state index contributed by atoms with van der Waals surface area (Å²) in [6, 6.07) is 12.0. The first-order chi connectivity index (χ1) is 7.79. The van der Waals surface area contributed by atoms with Crippen LogP contribution in [0, 0.1) is 0 Å². The molecule has 0 aliphatic heterocycles.